The Morgan fingerprint density at radius 2 is 2.25 bits per heavy atom. The molecule has 1 fully saturated rings. The number of nitrogens with one attached hydrogen (secondary N) is 1. The molecular weight excluding hydrogens is 204 g/mol. The van der Waals surface area contributed by atoms with E-state index in [1.54, 1.807) is 18.1 Å². The summed E-state index contributed by atoms with van der Waals surface area (Å²) >= 11 is 0. The zero-order valence-electron chi connectivity index (χ0n) is 9.56. The molecule has 2 rings (SSSR count). The molecule has 0 aliphatic carbocycles. The van der Waals surface area contributed by atoms with E-state index in [0.717, 1.165) is 13.1 Å². The van der Waals surface area contributed by atoms with E-state index in [0.29, 0.717) is 17.4 Å². The average Bonchev–Trinajstić information content (AvgIpc) is 2.25. The van der Waals surface area contributed by atoms with Crippen LogP contribution < -0.4 is 10.1 Å². The summed E-state index contributed by atoms with van der Waals surface area (Å²) in [6.07, 6.45) is 0. The molecule has 0 atom stereocenters. The van der Waals surface area contributed by atoms with Gasteiger partial charge in [-0.1, -0.05) is 6.07 Å². The molecule has 1 aliphatic rings. The number of methoxy groups -OCH3 is 1. The van der Waals surface area contributed by atoms with Gasteiger partial charge in [-0.25, -0.2) is 0 Å². The lowest BCUT2D eigenvalue weighted by Crippen LogP contribution is -2.57. The van der Waals surface area contributed by atoms with Gasteiger partial charge in [0.15, 0.2) is 0 Å². The van der Waals surface area contributed by atoms with Crippen LogP contribution in [0.5, 0.6) is 5.75 Å². The highest BCUT2D eigenvalue weighted by Gasteiger charge is 2.25. The molecule has 0 radical (unpaired) electrons. The van der Waals surface area contributed by atoms with Gasteiger partial charge in [0, 0.05) is 25.7 Å². The molecule has 0 spiro atoms. The molecule has 1 N–H and O–H groups in total. The third-order valence-corrected chi connectivity index (χ3v) is 2.94. The minimum Gasteiger partial charge on any atom is -0.497 e. The van der Waals surface area contributed by atoms with E-state index < -0.39 is 0 Å². The predicted octanol–water partition coefficient (Wildman–Crippen LogP) is 0.739. The zero-order chi connectivity index (χ0) is 11.5. The van der Waals surface area contributed by atoms with Crippen molar-refractivity contribution in [3.63, 3.8) is 0 Å². The molecule has 1 heterocycles. The van der Waals surface area contributed by atoms with Crippen molar-refractivity contribution in [2.45, 2.75) is 6.04 Å². The van der Waals surface area contributed by atoms with Crippen LogP contribution in [0, 0.1) is 0 Å². The van der Waals surface area contributed by atoms with Crippen molar-refractivity contribution in [2.75, 3.05) is 27.2 Å². The second kappa shape index (κ2) is 4.53. The summed E-state index contributed by atoms with van der Waals surface area (Å²) in [5, 5.41) is 3.15. The normalized spacial score (nSPS) is 15.4. The van der Waals surface area contributed by atoms with Gasteiger partial charge in [-0.05, 0) is 18.2 Å². The predicted molar refractivity (Wildman–Crippen MR) is 61.7 cm³/mol. The maximum absolute atomic E-state index is 12.1. The molecule has 4 nitrogen and oxygen atoms in total. The Morgan fingerprint density at radius 3 is 2.81 bits per heavy atom. The Kier molecular flexibility index (Phi) is 3.10. The maximum Gasteiger partial charge on any atom is 0.254 e. The largest absolute Gasteiger partial charge is 0.497 e. The second-order valence-corrected chi connectivity index (χ2v) is 3.96. The summed E-state index contributed by atoms with van der Waals surface area (Å²) < 4.78 is 5.10. The summed E-state index contributed by atoms with van der Waals surface area (Å²) in [6.45, 7) is 1.76. The lowest BCUT2D eigenvalue weighted by Gasteiger charge is -2.35. The highest BCUT2D eigenvalue weighted by atomic mass is 16.5. The molecule has 16 heavy (non-hydrogen) atoms. The van der Waals surface area contributed by atoms with Crippen molar-refractivity contribution >= 4 is 5.91 Å². The monoisotopic (exact) mass is 220 g/mol. The summed E-state index contributed by atoms with van der Waals surface area (Å²) in [5.41, 5.74) is 0.675. The smallest absolute Gasteiger partial charge is 0.254 e. The van der Waals surface area contributed by atoms with Gasteiger partial charge in [0.25, 0.3) is 5.91 Å². The van der Waals surface area contributed by atoms with E-state index in [9.17, 15) is 4.79 Å². The minimum atomic E-state index is 0.0467. The van der Waals surface area contributed by atoms with Gasteiger partial charge in [-0.3, -0.25) is 4.79 Å². The molecule has 1 amide bonds. The number of carbonyl (C=O) groups is 1. The van der Waals surface area contributed by atoms with Gasteiger partial charge < -0.3 is 15.0 Å². The summed E-state index contributed by atoms with van der Waals surface area (Å²) in [4.78, 5) is 13.9. The zero-order valence-corrected chi connectivity index (χ0v) is 9.56. The quantitative estimate of drug-likeness (QED) is 0.817. The fourth-order valence-electron chi connectivity index (χ4n) is 1.67. The SMILES string of the molecule is COc1cccc(C(=O)N(C)C2CNC2)c1. The summed E-state index contributed by atoms with van der Waals surface area (Å²) in [5.74, 6) is 0.761. The molecule has 1 saturated heterocycles. The van der Waals surface area contributed by atoms with Crippen LogP contribution >= 0.6 is 0 Å². The number of rotatable bonds is 3. The van der Waals surface area contributed by atoms with Crippen LogP contribution in [0.2, 0.25) is 0 Å². The van der Waals surface area contributed by atoms with Gasteiger partial charge >= 0.3 is 0 Å². The molecule has 1 aliphatic heterocycles. The Balaban J connectivity index is 2.12. The number of ether oxygens (including phenoxy) is 1. The number of nitrogens with zero attached hydrogens (tertiary/aromatic N) is 1. The minimum absolute atomic E-state index is 0.0467. The van der Waals surface area contributed by atoms with Gasteiger partial charge in [0.05, 0.1) is 13.2 Å². The van der Waals surface area contributed by atoms with Gasteiger partial charge in [-0.15, -0.1) is 0 Å². The average molecular weight is 220 g/mol. The fraction of sp³-hybridized carbons (Fsp3) is 0.417. The molecule has 0 saturated carbocycles. The van der Waals surface area contributed by atoms with Crippen molar-refractivity contribution in [2.24, 2.45) is 0 Å². The molecular formula is C12H16N2O2. The van der Waals surface area contributed by atoms with Crippen molar-refractivity contribution in [3.8, 4) is 5.75 Å². The third kappa shape index (κ3) is 2.02. The van der Waals surface area contributed by atoms with E-state index in [4.69, 9.17) is 4.74 Å². The lowest BCUT2D eigenvalue weighted by atomic mass is 10.1. The summed E-state index contributed by atoms with van der Waals surface area (Å²) in [6, 6.07) is 7.57. The van der Waals surface area contributed by atoms with Crippen LogP contribution in [-0.2, 0) is 0 Å². The second-order valence-electron chi connectivity index (χ2n) is 3.96. The standard InChI is InChI=1S/C12H16N2O2/c1-14(10-7-13-8-10)12(15)9-4-3-5-11(6-9)16-2/h3-6,10,13H,7-8H2,1-2H3. The van der Waals surface area contributed by atoms with Crippen LogP contribution in [0.3, 0.4) is 0 Å². The van der Waals surface area contributed by atoms with Crippen LogP contribution in [-0.4, -0.2) is 44.1 Å². The van der Waals surface area contributed by atoms with E-state index >= 15 is 0 Å². The first kappa shape index (κ1) is 11.0. The van der Waals surface area contributed by atoms with E-state index in [2.05, 4.69) is 5.32 Å². The number of likely N-dealkylation sites (N-methyl/N-ethyl adjacent to an activating group) is 1. The Labute approximate surface area is 95.2 Å². The molecule has 0 bridgehead atoms. The van der Waals surface area contributed by atoms with Crippen molar-refractivity contribution < 1.29 is 9.53 Å². The number of amides is 1. The molecule has 86 valence electrons. The number of carbonyl (C=O) groups excluding carboxylic acids is 1. The van der Waals surface area contributed by atoms with E-state index in [1.807, 2.05) is 25.2 Å². The first-order chi connectivity index (χ1) is 7.72. The van der Waals surface area contributed by atoms with Crippen LogP contribution in [0.1, 0.15) is 10.4 Å². The van der Waals surface area contributed by atoms with Crippen molar-refractivity contribution in [3.05, 3.63) is 29.8 Å². The molecule has 4 heteroatoms. The Hall–Kier alpha value is -1.55. The topological polar surface area (TPSA) is 41.6 Å². The Bertz CT molecular complexity index is 388. The van der Waals surface area contributed by atoms with Gasteiger partial charge in [0.1, 0.15) is 5.75 Å². The molecule has 1 aromatic carbocycles. The van der Waals surface area contributed by atoms with Crippen molar-refractivity contribution in [1.82, 2.24) is 10.2 Å². The van der Waals surface area contributed by atoms with Gasteiger partial charge in [0.2, 0.25) is 0 Å². The molecule has 0 aromatic heterocycles. The van der Waals surface area contributed by atoms with Crippen molar-refractivity contribution in [1.29, 1.82) is 0 Å². The maximum atomic E-state index is 12.1. The number of benzene rings is 1. The van der Waals surface area contributed by atoms with Crippen LogP contribution in [0.15, 0.2) is 24.3 Å². The molecule has 1 aromatic rings. The third-order valence-electron chi connectivity index (χ3n) is 2.94. The fourth-order valence-corrected chi connectivity index (χ4v) is 1.67. The first-order valence-corrected chi connectivity index (χ1v) is 5.34. The number of hydrogen-bond acceptors (Lipinski definition) is 3. The Morgan fingerprint density at radius 1 is 1.50 bits per heavy atom. The van der Waals surface area contributed by atoms with E-state index in [-0.39, 0.29) is 5.91 Å². The summed E-state index contributed by atoms with van der Waals surface area (Å²) in [7, 11) is 3.44. The molecule has 0 unspecified atom stereocenters. The van der Waals surface area contributed by atoms with Gasteiger partial charge in [-0.2, -0.15) is 0 Å². The van der Waals surface area contributed by atoms with E-state index in [1.165, 1.54) is 0 Å². The lowest BCUT2D eigenvalue weighted by molar-refractivity contribution is 0.0681. The first-order valence-electron chi connectivity index (χ1n) is 5.34. The highest BCUT2D eigenvalue weighted by molar-refractivity contribution is 5.94. The van der Waals surface area contributed by atoms with Crippen LogP contribution in [0.25, 0.3) is 0 Å². The highest BCUT2D eigenvalue weighted by Crippen LogP contribution is 2.15. The van der Waals surface area contributed by atoms with Crippen LogP contribution in [0.4, 0.5) is 0 Å². The number of hydrogen-bond donors (Lipinski definition) is 1.